The molecular weight excluding hydrogens is 392 g/mol. The van der Waals surface area contributed by atoms with E-state index in [0.717, 1.165) is 18.8 Å². The van der Waals surface area contributed by atoms with E-state index in [4.69, 9.17) is 5.73 Å². The van der Waals surface area contributed by atoms with Gasteiger partial charge in [0.1, 0.15) is 11.6 Å². The SMILES string of the molecule is CC(C)N1CCN(c2cc(F)c(/C=N/NC(N)=S)cc2F)C[C@H]1c1ccccc1. The number of hydrogen-bond donors (Lipinski definition) is 2. The molecule has 5 nitrogen and oxygen atoms in total. The van der Waals surface area contributed by atoms with Crippen LogP contribution < -0.4 is 16.1 Å². The summed E-state index contributed by atoms with van der Waals surface area (Å²) in [6.07, 6.45) is 1.16. The van der Waals surface area contributed by atoms with Crippen LogP contribution in [0.2, 0.25) is 0 Å². The van der Waals surface area contributed by atoms with Gasteiger partial charge in [0, 0.05) is 37.3 Å². The van der Waals surface area contributed by atoms with Crippen molar-refractivity contribution in [2.24, 2.45) is 10.8 Å². The second kappa shape index (κ2) is 9.28. The van der Waals surface area contributed by atoms with E-state index in [1.54, 1.807) is 0 Å². The van der Waals surface area contributed by atoms with Gasteiger partial charge in [0.25, 0.3) is 0 Å². The van der Waals surface area contributed by atoms with Crippen molar-refractivity contribution in [3.05, 3.63) is 65.2 Å². The summed E-state index contributed by atoms with van der Waals surface area (Å²) >= 11 is 4.63. The molecule has 1 aliphatic heterocycles. The second-order valence-electron chi connectivity index (χ2n) is 7.26. The van der Waals surface area contributed by atoms with E-state index in [1.807, 2.05) is 23.1 Å². The Kier molecular flexibility index (Phi) is 6.76. The highest BCUT2D eigenvalue weighted by atomic mass is 32.1. The molecule has 2 aromatic carbocycles. The predicted octanol–water partition coefficient (Wildman–Crippen LogP) is 3.40. The Morgan fingerprint density at radius 2 is 1.93 bits per heavy atom. The van der Waals surface area contributed by atoms with Crippen molar-refractivity contribution < 1.29 is 8.78 Å². The lowest BCUT2D eigenvalue weighted by molar-refractivity contribution is 0.137. The number of rotatable bonds is 5. The molecule has 2 aromatic rings. The van der Waals surface area contributed by atoms with Crippen LogP contribution in [0.15, 0.2) is 47.6 Å². The first kappa shape index (κ1) is 21.1. The minimum absolute atomic E-state index is 0.0235. The number of nitrogens with two attached hydrogens (primary N) is 1. The van der Waals surface area contributed by atoms with Crippen molar-refractivity contribution in [1.82, 2.24) is 10.3 Å². The number of nitrogens with zero attached hydrogens (tertiary/aromatic N) is 3. The lowest BCUT2D eigenvalue weighted by Crippen LogP contribution is -2.51. The van der Waals surface area contributed by atoms with Crippen LogP contribution in [0.25, 0.3) is 0 Å². The van der Waals surface area contributed by atoms with Gasteiger partial charge in [0.15, 0.2) is 5.11 Å². The summed E-state index contributed by atoms with van der Waals surface area (Å²) in [6, 6.07) is 13.0. The predicted molar refractivity (Wildman–Crippen MR) is 117 cm³/mol. The van der Waals surface area contributed by atoms with E-state index in [1.165, 1.54) is 11.6 Å². The third kappa shape index (κ3) is 5.07. The first-order valence-corrected chi connectivity index (χ1v) is 9.91. The van der Waals surface area contributed by atoms with Crippen LogP contribution in [0.1, 0.15) is 31.0 Å². The maximum atomic E-state index is 14.8. The van der Waals surface area contributed by atoms with Gasteiger partial charge in [-0.25, -0.2) is 8.78 Å². The first-order chi connectivity index (χ1) is 13.9. The molecule has 3 N–H and O–H groups in total. The summed E-state index contributed by atoms with van der Waals surface area (Å²) in [5.41, 5.74) is 9.04. The minimum atomic E-state index is -0.558. The largest absolute Gasteiger partial charge is 0.375 e. The number of hydrazone groups is 1. The molecule has 0 spiro atoms. The maximum absolute atomic E-state index is 14.8. The highest BCUT2D eigenvalue weighted by Crippen LogP contribution is 2.32. The van der Waals surface area contributed by atoms with E-state index in [-0.39, 0.29) is 22.4 Å². The van der Waals surface area contributed by atoms with Crippen molar-refractivity contribution in [3.8, 4) is 0 Å². The van der Waals surface area contributed by atoms with E-state index in [2.05, 4.69) is 53.6 Å². The van der Waals surface area contributed by atoms with Crippen molar-refractivity contribution in [2.75, 3.05) is 24.5 Å². The molecule has 0 aromatic heterocycles. The number of hydrogen-bond acceptors (Lipinski definition) is 4. The molecule has 1 atom stereocenters. The maximum Gasteiger partial charge on any atom is 0.184 e. The Hall–Kier alpha value is -2.58. The molecule has 0 amide bonds. The molecular formula is C21H25F2N5S. The van der Waals surface area contributed by atoms with E-state index >= 15 is 0 Å². The summed E-state index contributed by atoms with van der Waals surface area (Å²) in [6.45, 7) is 6.27. The monoisotopic (exact) mass is 417 g/mol. The van der Waals surface area contributed by atoms with Crippen molar-refractivity contribution in [3.63, 3.8) is 0 Å². The molecule has 3 rings (SSSR count). The fraction of sp³-hybridized carbons (Fsp3) is 0.333. The van der Waals surface area contributed by atoms with Gasteiger partial charge in [0.2, 0.25) is 0 Å². The normalized spacial score (nSPS) is 17.8. The second-order valence-corrected chi connectivity index (χ2v) is 7.70. The van der Waals surface area contributed by atoms with Gasteiger partial charge in [-0.05, 0) is 37.7 Å². The lowest BCUT2D eigenvalue weighted by Gasteiger charge is -2.44. The summed E-state index contributed by atoms with van der Waals surface area (Å²) < 4.78 is 29.4. The van der Waals surface area contributed by atoms with Crippen molar-refractivity contribution in [2.45, 2.75) is 25.9 Å². The zero-order valence-corrected chi connectivity index (χ0v) is 17.3. The van der Waals surface area contributed by atoms with Crippen LogP contribution in [-0.2, 0) is 0 Å². The van der Waals surface area contributed by atoms with E-state index in [0.29, 0.717) is 19.1 Å². The Balaban J connectivity index is 1.86. The number of piperazine rings is 1. The van der Waals surface area contributed by atoms with E-state index in [9.17, 15) is 8.78 Å². The molecule has 0 saturated carbocycles. The zero-order chi connectivity index (χ0) is 21.0. The van der Waals surface area contributed by atoms with Crippen LogP contribution in [0.3, 0.4) is 0 Å². The lowest BCUT2D eigenvalue weighted by atomic mass is 10.00. The molecule has 1 heterocycles. The highest BCUT2D eigenvalue weighted by Gasteiger charge is 2.31. The van der Waals surface area contributed by atoms with Crippen molar-refractivity contribution in [1.29, 1.82) is 0 Å². The molecule has 0 radical (unpaired) electrons. The first-order valence-electron chi connectivity index (χ1n) is 9.50. The van der Waals surface area contributed by atoms with Crippen LogP contribution >= 0.6 is 12.2 Å². The van der Waals surface area contributed by atoms with Gasteiger partial charge in [-0.2, -0.15) is 5.10 Å². The van der Waals surface area contributed by atoms with Gasteiger partial charge in [0.05, 0.1) is 17.9 Å². The van der Waals surface area contributed by atoms with Crippen LogP contribution in [0, 0.1) is 11.6 Å². The molecule has 1 saturated heterocycles. The molecule has 8 heteroatoms. The number of nitrogens with one attached hydrogen (secondary N) is 1. The molecule has 0 unspecified atom stereocenters. The number of anilines is 1. The quantitative estimate of drug-likeness (QED) is 0.444. The fourth-order valence-electron chi connectivity index (χ4n) is 3.66. The topological polar surface area (TPSA) is 56.9 Å². The van der Waals surface area contributed by atoms with Crippen molar-refractivity contribution >= 4 is 29.2 Å². The van der Waals surface area contributed by atoms with Gasteiger partial charge < -0.3 is 10.6 Å². The summed E-state index contributed by atoms with van der Waals surface area (Å²) in [5.74, 6) is -1.05. The molecule has 1 fully saturated rings. The van der Waals surface area contributed by atoms with Crippen LogP contribution in [-0.4, -0.2) is 41.9 Å². The summed E-state index contributed by atoms with van der Waals surface area (Å²) in [4.78, 5) is 4.30. The molecule has 0 bridgehead atoms. The standard InChI is InChI=1S/C21H25F2N5S/c1-14(2)28-9-8-27(13-20(28)15-6-4-3-5-7-15)19-11-17(22)16(10-18(19)23)12-25-26-21(24)29/h3-7,10-12,14,20H,8-9,13H2,1-2H3,(H3,24,26,29)/b25-12+/t20-/m0/s1. The Bertz CT molecular complexity index is 888. The van der Waals surface area contributed by atoms with Crippen LogP contribution in [0.4, 0.5) is 14.5 Å². The summed E-state index contributed by atoms with van der Waals surface area (Å²) in [7, 11) is 0. The van der Waals surface area contributed by atoms with Gasteiger partial charge in [-0.1, -0.05) is 30.3 Å². The summed E-state index contributed by atoms with van der Waals surface area (Å²) in [5, 5.41) is 3.65. The molecule has 1 aliphatic rings. The Morgan fingerprint density at radius 3 is 2.59 bits per heavy atom. The molecule has 29 heavy (non-hydrogen) atoms. The number of halogens is 2. The Labute approximate surface area is 175 Å². The number of benzene rings is 2. The number of thiocarbonyl (C=S) groups is 1. The van der Waals surface area contributed by atoms with Crippen LogP contribution in [0.5, 0.6) is 0 Å². The zero-order valence-electron chi connectivity index (χ0n) is 16.5. The third-order valence-electron chi connectivity index (χ3n) is 5.05. The molecule has 0 aliphatic carbocycles. The highest BCUT2D eigenvalue weighted by molar-refractivity contribution is 7.80. The fourth-order valence-corrected chi connectivity index (χ4v) is 3.72. The van der Waals surface area contributed by atoms with Gasteiger partial charge in [-0.3, -0.25) is 10.3 Å². The smallest absolute Gasteiger partial charge is 0.184 e. The van der Waals surface area contributed by atoms with Gasteiger partial charge in [-0.15, -0.1) is 0 Å². The minimum Gasteiger partial charge on any atom is -0.375 e. The average molecular weight is 418 g/mol. The Morgan fingerprint density at radius 1 is 1.21 bits per heavy atom. The average Bonchev–Trinajstić information content (AvgIpc) is 2.70. The van der Waals surface area contributed by atoms with E-state index < -0.39 is 11.6 Å². The molecule has 154 valence electrons. The third-order valence-corrected chi connectivity index (χ3v) is 5.15. The van der Waals surface area contributed by atoms with Gasteiger partial charge >= 0.3 is 0 Å².